The lowest BCUT2D eigenvalue weighted by Gasteiger charge is -2.15. The van der Waals surface area contributed by atoms with Crippen molar-refractivity contribution in [2.24, 2.45) is 5.41 Å². The Hall–Kier alpha value is -1.09. The molecule has 1 fully saturated rings. The van der Waals surface area contributed by atoms with E-state index in [0.717, 1.165) is 23.4 Å². The van der Waals surface area contributed by atoms with Crippen LogP contribution in [0.3, 0.4) is 0 Å². The molecule has 0 amide bonds. The minimum atomic E-state index is 0.467. The molecular formula is C13H16ClN3. The molecular weight excluding hydrogens is 234 g/mol. The zero-order chi connectivity index (χ0) is 11.9. The second-order valence-corrected chi connectivity index (χ2v) is 5.23. The lowest BCUT2D eigenvalue weighted by Crippen LogP contribution is -2.12. The number of nitrogens with zero attached hydrogens (tertiary/aromatic N) is 3. The minimum absolute atomic E-state index is 0.467. The first-order valence-electron chi connectivity index (χ1n) is 6.13. The molecule has 1 aliphatic rings. The number of hydrogen-bond acceptors (Lipinski definition) is 2. The molecule has 0 unspecified atom stereocenters. The van der Waals surface area contributed by atoms with Gasteiger partial charge in [-0.15, -0.1) is 11.6 Å². The van der Waals surface area contributed by atoms with Crippen LogP contribution in [0.5, 0.6) is 0 Å². The summed E-state index contributed by atoms with van der Waals surface area (Å²) in [6, 6.07) is 2.03. The predicted octanol–water partition coefficient (Wildman–Crippen LogP) is 3.36. The second kappa shape index (κ2) is 3.98. The predicted molar refractivity (Wildman–Crippen MR) is 69.0 cm³/mol. The number of rotatable bonds is 4. The van der Waals surface area contributed by atoms with E-state index in [4.69, 9.17) is 11.6 Å². The number of alkyl halides is 1. The van der Waals surface area contributed by atoms with Crippen molar-refractivity contribution in [3.8, 4) is 0 Å². The van der Waals surface area contributed by atoms with Crippen molar-refractivity contribution in [2.45, 2.75) is 38.6 Å². The van der Waals surface area contributed by atoms with E-state index >= 15 is 0 Å². The van der Waals surface area contributed by atoms with Crippen LogP contribution in [0.25, 0.3) is 11.0 Å². The van der Waals surface area contributed by atoms with Gasteiger partial charge in [0.15, 0.2) is 0 Å². The van der Waals surface area contributed by atoms with Gasteiger partial charge in [0.05, 0.1) is 17.6 Å². The van der Waals surface area contributed by atoms with Crippen LogP contribution in [-0.2, 0) is 12.4 Å². The van der Waals surface area contributed by atoms with E-state index in [1.807, 2.05) is 18.5 Å². The first-order valence-corrected chi connectivity index (χ1v) is 6.66. The van der Waals surface area contributed by atoms with Gasteiger partial charge in [-0.05, 0) is 30.7 Å². The van der Waals surface area contributed by atoms with E-state index in [2.05, 4.69) is 21.5 Å². The molecule has 0 bridgehead atoms. The first kappa shape index (κ1) is 11.0. The van der Waals surface area contributed by atoms with Crippen molar-refractivity contribution in [1.29, 1.82) is 0 Å². The van der Waals surface area contributed by atoms with E-state index in [-0.39, 0.29) is 0 Å². The Balaban J connectivity index is 2.06. The summed E-state index contributed by atoms with van der Waals surface area (Å²) in [5, 5.41) is 0. The lowest BCUT2D eigenvalue weighted by atomic mass is 10.0. The van der Waals surface area contributed by atoms with E-state index < -0.39 is 0 Å². The molecule has 4 heteroatoms. The van der Waals surface area contributed by atoms with E-state index in [1.165, 1.54) is 19.3 Å². The van der Waals surface area contributed by atoms with Crippen LogP contribution in [0.4, 0.5) is 0 Å². The summed E-state index contributed by atoms with van der Waals surface area (Å²) in [5.41, 5.74) is 2.61. The Kier molecular flexibility index (Phi) is 2.58. The molecule has 3 nitrogen and oxygen atoms in total. The first-order chi connectivity index (χ1) is 8.28. The van der Waals surface area contributed by atoms with E-state index in [9.17, 15) is 0 Å². The molecule has 0 atom stereocenters. The molecule has 0 radical (unpaired) electrons. The summed E-state index contributed by atoms with van der Waals surface area (Å²) >= 11 is 5.99. The molecule has 3 rings (SSSR count). The van der Waals surface area contributed by atoms with Gasteiger partial charge in [-0.1, -0.05) is 6.92 Å². The molecule has 1 aliphatic carbocycles. The number of hydrogen-bond donors (Lipinski definition) is 0. The van der Waals surface area contributed by atoms with Crippen LogP contribution >= 0.6 is 11.6 Å². The fourth-order valence-electron chi connectivity index (χ4n) is 2.45. The smallest absolute Gasteiger partial charge is 0.124 e. The second-order valence-electron chi connectivity index (χ2n) is 4.97. The fourth-order valence-corrected chi connectivity index (χ4v) is 2.65. The van der Waals surface area contributed by atoms with Gasteiger partial charge < -0.3 is 4.57 Å². The average Bonchev–Trinajstić information content (AvgIpc) is 3.06. The maximum absolute atomic E-state index is 5.99. The molecule has 0 aromatic carbocycles. The third-order valence-corrected chi connectivity index (χ3v) is 4.19. The highest BCUT2D eigenvalue weighted by Crippen LogP contribution is 2.50. The van der Waals surface area contributed by atoms with E-state index in [0.29, 0.717) is 11.3 Å². The van der Waals surface area contributed by atoms with Crippen LogP contribution in [0.2, 0.25) is 0 Å². The number of pyridine rings is 1. The number of imidazole rings is 1. The van der Waals surface area contributed by atoms with Crippen molar-refractivity contribution >= 4 is 22.6 Å². The summed E-state index contributed by atoms with van der Waals surface area (Å²) < 4.78 is 2.28. The van der Waals surface area contributed by atoms with Crippen molar-refractivity contribution in [1.82, 2.24) is 14.5 Å². The Morgan fingerprint density at radius 2 is 2.29 bits per heavy atom. The highest BCUT2D eigenvalue weighted by molar-refractivity contribution is 6.16. The Labute approximate surface area is 106 Å². The van der Waals surface area contributed by atoms with Gasteiger partial charge in [-0.25, -0.2) is 4.98 Å². The Bertz CT molecular complexity index is 543. The zero-order valence-electron chi connectivity index (χ0n) is 9.99. The normalized spacial score (nSPS) is 17.5. The molecule has 1 saturated carbocycles. The number of aromatic nitrogens is 3. The van der Waals surface area contributed by atoms with Crippen LogP contribution < -0.4 is 0 Å². The molecule has 0 saturated heterocycles. The van der Waals surface area contributed by atoms with Crippen LogP contribution in [-0.4, -0.2) is 14.5 Å². The zero-order valence-corrected chi connectivity index (χ0v) is 10.7. The molecule has 2 heterocycles. The van der Waals surface area contributed by atoms with Crippen molar-refractivity contribution < 1.29 is 0 Å². The lowest BCUT2D eigenvalue weighted by molar-refractivity contribution is 0.410. The van der Waals surface area contributed by atoms with Crippen LogP contribution in [0.15, 0.2) is 18.5 Å². The standard InChI is InChI=1S/C13H16ClN3/c1-2-13(4-5-13)9-17-11-3-6-15-8-10(11)16-12(17)7-14/h3,6,8H,2,4-5,7,9H2,1H3. The van der Waals surface area contributed by atoms with Gasteiger partial charge in [0.25, 0.3) is 0 Å². The number of halogens is 1. The maximum atomic E-state index is 5.99. The monoisotopic (exact) mass is 249 g/mol. The van der Waals surface area contributed by atoms with Gasteiger partial charge in [-0.3, -0.25) is 4.98 Å². The third-order valence-electron chi connectivity index (χ3n) is 3.95. The van der Waals surface area contributed by atoms with Crippen molar-refractivity contribution in [3.63, 3.8) is 0 Å². The molecule has 90 valence electrons. The highest BCUT2D eigenvalue weighted by Gasteiger charge is 2.41. The molecule has 2 aromatic heterocycles. The molecule has 2 aromatic rings. The summed E-state index contributed by atoms with van der Waals surface area (Å²) in [7, 11) is 0. The van der Waals surface area contributed by atoms with Gasteiger partial charge in [0, 0.05) is 12.7 Å². The van der Waals surface area contributed by atoms with Gasteiger partial charge in [-0.2, -0.15) is 0 Å². The average molecular weight is 250 g/mol. The molecule has 0 spiro atoms. The Morgan fingerprint density at radius 3 is 2.94 bits per heavy atom. The molecule has 0 aliphatic heterocycles. The molecule has 17 heavy (non-hydrogen) atoms. The summed E-state index contributed by atoms with van der Waals surface area (Å²) in [6.07, 6.45) is 7.53. The quantitative estimate of drug-likeness (QED) is 0.778. The van der Waals surface area contributed by atoms with Crippen LogP contribution in [0, 0.1) is 5.41 Å². The van der Waals surface area contributed by atoms with Gasteiger partial charge >= 0.3 is 0 Å². The SMILES string of the molecule is CCC1(Cn2c(CCl)nc3cnccc32)CC1. The van der Waals surface area contributed by atoms with E-state index in [1.54, 1.807) is 0 Å². The van der Waals surface area contributed by atoms with Crippen LogP contribution in [0.1, 0.15) is 32.0 Å². The van der Waals surface area contributed by atoms with Crippen molar-refractivity contribution in [3.05, 3.63) is 24.3 Å². The summed E-state index contributed by atoms with van der Waals surface area (Å²) in [4.78, 5) is 8.66. The summed E-state index contributed by atoms with van der Waals surface area (Å²) in [6.45, 7) is 3.32. The molecule has 0 N–H and O–H groups in total. The van der Waals surface area contributed by atoms with Crippen molar-refractivity contribution in [2.75, 3.05) is 0 Å². The van der Waals surface area contributed by atoms with Gasteiger partial charge in [0.2, 0.25) is 0 Å². The third kappa shape index (κ3) is 1.82. The summed E-state index contributed by atoms with van der Waals surface area (Å²) in [5.74, 6) is 1.43. The fraction of sp³-hybridized carbons (Fsp3) is 0.538. The Morgan fingerprint density at radius 1 is 1.47 bits per heavy atom. The highest BCUT2D eigenvalue weighted by atomic mass is 35.5. The topological polar surface area (TPSA) is 30.7 Å². The maximum Gasteiger partial charge on any atom is 0.124 e. The number of fused-ring (bicyclic) bond motifs is 1. The van der Waals surface area contributed by atoms with Gasteiger partial charge in [0.1, 0.15) is 11.3 Å². The largest absolute Gasteiger partial charge is 0.326 e. The minimum Gasteiger partial charge on any atom is -0.326 e.